The largest absolute Gasteiger partial charge is 0.468 e. The van der Waals surface area contributed by atoms with Crippen LogP contribution in [0.3, 0.4) is 0 Å². The van der Waals surface area contributed by atoms with Gasteiger partial charge in [0.1, 0.15) is 17.0 Å². The van der Waals surface area contributed by atoms with Gasteiger partial charge in [0.15, 0.2) is 6.79 Å². The van der Waals surface area contributed by atoms with E-state index in [2.05, 4.69) is 9.71 Å². The summed E-state index contributed by atoms with van der Waals surface area (Å²) >= 11 is 0. The molecule has 1 aliphatic rings. The van der Waals surface area contributed by atoms with Crippen LogP contribution in [0.1, 0.15) is 0 Å². The van der Waals surface area contributed by atoms with Gasteiger partial charge in [-0.3, -0.25) is 0 Å². The molecule has 1 aromatic carbocycles. The number of fused-ring (bicyclic) bond motifs is 1. The molecule has 1 heterocycles. The molecule has 7 heteroatoms. The van der Waals surface area contributed by atoms with E-state index in [0.29, 0.717) is 11.4 Å². The Morgan fingerprint density at radius 2 is 2.25 bits per heavy atom. The molecule has 0 unspecified atom stereocenters. The summed E-state index contributed by atoms with van der Waals surface area (Å²) in [5.74, 6) is 0.420. The van der Waals surface area contributed by atoms with Crippen molar-refractivity contribution in [2.75, 3.05) is 19.2 Å². The van der Waals surface area contributed by atoms with Gasteiger partial charge in [-0.2, -0.15) is 8.42 Å². The number of ether oxygens (including phenoxy) is 2. The van der Waals surface area contributed by atoms with E-state index in [9.17, 15) is 8.42 Å². The highest BCUT2D eigenvalue weighted by molar-refractivity contribution is 7.90. The van der Waals surface area contributed by atoms with E-state index in [1.807, 2.05) is 0 Å². The number of benzene rings is 1. The minimum Gasteiger partial charge on any atom is -0.468 e. The Kier molecular flexibility index (Phi) is 2.80. The van der Waals surface area contributed by atoms with Gasteiger partial charge in [0.2, 0.25) is 0 Å². The third kappa shape index (κ3) is 2.00. The summed E-state index contributed by atoms with van der Waals surface area (Å²) < 4.78 is 36.4. The quantitative estimate of drug-likeness (QED) is 0.794. The Balaban J connectivity index is 2.39. The Hall–Kier alpha value is -1.60. The third-order valence-electron chi connectivity index (χ3n) is 1.99. The summed E-state index contributed by atoms with van der Waals surface area (Å²) in [4.78, 5) is 0.101. The van der Waals surface area contributed by atoms with E-state index < -0.39 is 10.0 Å². The average Bonchev–Trinajstić information content (AvgIpc) is 2.26. The molecule has 0 fully saturated rings. The average molecular weight is 242 g/mol. The number of nitrogens with zero attached hydrogens (tertiary/aromatic N) is 1. The summed E-state index contributed by atoms with van der Waals surface area (Å²) in [5.41, 5.74) is 0.486. The number of nitrogens with one attached hydrogen (secondary N) is 1. The molecular formula is C9H10N2O4S. The van der Waals surface area contributed by atoms with Crippen LogP contribution < -0.4 is 10.1 Å². The molecule has 2 rings (SSSR count). The highest BCUT2D eigenvalue weighted by atomic mass is 32.2. The van der Waals surface area contributed by atoms with Crippen molar-refractivity contribution in [2.45, 2.75) is 4.90 Å². The number of hydrogen-bond acceptors (Lipinski definition) is 5. The van der Waals surface area contributed by atoms with Crippen molar-refractivity contribution in [3.8, 4) is 5.75 Å². The SMILES string of the molecule is COCOc1ccc2c(c1)S(=O)(=O)N=CN2. The summed E-state index contributed by atoms with van der Waals surface area (Å²) in [6, 6.07) is 4.68. The Labute approximate surface area is 93.0 Å². The summed E-state index contributed by atoms with van der Waals surface area (Å²) in [7, 11) is -2.12. The maximum Gasteiger partial charge on any atom is 0.285 e. The third-order valence-corrected chi connectivity index (χ3v) is 3.26. The van der Waals surface area contributed by atoms with E-state index in [0.717, 1.165) is 6.34 Å². The van der Waals surface area contributed by atoms with Crippen LogP contribution in [-0.2, 0) is 14.8 Å². The number of hydrogen-bond donors (Lipinski definition) is 1. The smallest absolute Gasteiger partial charge is 0.285 e. The Bertz CT molecular complexity index is 524. The second-order valence-electron chi connectivity index (χ2n) is 3.06. The first-order valence-electron chi connectivity index (χ1n) is 4.44. The van der Waals surface area contributed by atoms with Gasteiger partial charge >= 0.3 is 0 Å². The van der Waals surface area contributed by atoms with Gasteiger partial charge in [0, 0.05) is 13.2 Å². The molecule has 0 saturated heterocycles. The normalized spacial score (nSPS) is 16.3. The van der Waals surface area contributed by atoms with E-state index in [-0.39, 0.29) is 11.7 Å². The van der Waals surface area contributed by atoms with Crippen LogP contribution in [0.25, 0.3) is 0 Å². The zero-order chi connectivity index (χ0) is 11.6. The van der Waals surface area contributed by atoms with Gasteiger partial charge in [-0.1, -0.05) is 0 Å². The molecule has 6 nitrogen and oxygen atoms in total. The zero-order valence-corrected chi connectivity index (χ0v) is 9.32. The lowest BCUT2D eigenvalue weighted by Gasteiger charge is -2.13. The van der Waals surface area contributed by atoms with Crippen LogP contribution in [0, 0.1) is 0 Å². The van der Waals surface area contributed by atoms with E-state index in [1.165, 1.54) is 13.2 Å². The molecule has 0 aromatic heterocycles. The van der Waals surface area contributed by atoms with Gasteiger partial charge in [-0.15, -0.1) is 4.40 Å². The highest BCUT2D eigenvalue weighted by Gasteiger charge is 2.21. The van der Waals surface area contributed by atoms with Gasteiger partial charge in [-0.25, -0.2) is 0 Å². The first-order chi connectivity index (χ1) is 7.63. The summed E-state index contributed by atoms with van der Waals surface area (Å²) in [6.07, 6.45) is 1.15. The van der Waals surface area contributed by atoms with Crippen molar-refractivity contribution in [1.82, 2.24) is 0 Å². The van der Waals surface area contributed by atoms with Crippen molar-refractivity contribution in [2.24, 2.45) is 4.40 Å². The minimum atomic E-state index is -3.60. The van der Waals surface area contributed by atoms with Crippen LogP contribution in [0.5, 0.6) is 5.75 Å². The summed E-state index contributed by atoms with van der Waals surface area (Å²) in [5, 5.41) is 2.74. The minimum absolute atomic E-state index is 0.0650. The predicted molar refractivity (Wildman–Crippen MR) is 58.2 cm³/mol. The predicted octanol–water partition coefficient (Wildman–Crippen LogP) is 0.812. The van der Waals surface area contributed by atoms with Crippen molar-refractivity contribution in [3.63, 3.8) is 0 Å². The van der Waals surface area contributed by atoms with Gasteiger partial charge < -0.3 is 14.8 Å². The second-order valence-corrected chi connectivity index (χ2v) is 4.66. The fourth-order valence-electron chi connectivity index (χ4n) is 1.27. The van der Waals surface area contributed by atoms with Crippen molar-refractivity contribution in [1.29, 1.82) is 0 Å². The topological polar surface area (TPSA) is 77.0 Å². The fraction of sp³-hybridized carbons (Fsp3) is 0.222. The lowest BCUT2D eigenvalue weighted by molar-refractivity contribution is 0.0510. The molecule has 0 aliphatic carbocycles. The maximum atomic E-state index is 11.6. The highest BCUT2D eigenvalue weighted by Crippen LogP contribution is 2.29. The molecule has 0 saturated carbocycles. The fourth-order valence-corrected chi connectivity index (χ4v) is 2.25. The molecule has 1 N–H and O–H groups in total. The van der Waals surface area contributed by atoms with Gasteiger partial charge in [-0.05, 0) is 12.1 Å². The summed E-state index contributed by atoms with van der Waals surface area (Å²) in [6.45, 7) is 0.0650. The van der Waals surface area contributed by atoms with E-state index >= 15 is 0 Å². The molecule has 0 bridgehead atoms. The monoisotopic (exact) mass is 242 g/mol. The molecule has 1 aliphatic heterocycles. The van der Waals surface area contributed by atoms with Crippen molar-refractivity contribution in [3.05, 3.63) is 18.2 Å². The van der Waals surface area contributed by atoms with Crippen LogP contribution in [0.15, 0.2) is 27.5 Å². The first-order valence-corrected chi connectivity index (χ1v) is 5.88. The lowest BCUT2D eigenvalue weighted by Crippen LogP contribution is -2.11. The van der Waals surface area contributed by atoms with Gasteiger partial charge in [0.05, 0.1) is 5.69 Å². The van der Waals surface area contributed by atoms with Crippen LogP contribution in [-0.4, -0.2) is 28.7 Å². The number of sulfonamides is 1. The van der Waals surface area contributed by atoms with E-state index in [4.69, 9.17) is 9.47 Å². The maximum absolute atomic E-state index is 11.6. The second kappa shape index (κ2) is 4.11. The molecule has 0 spiro atoms. The van der Waals surface area contributed by atoms with Crippen LogP contribution in [0.2, 0.25) is 0 Å². The zero-order valence-electron chi connectivity index (χ0n) is 8.50. The molecule has 86 valence electrons. The molecule has 1 aromatic rings. The van der Waals surface area contributed by atoms with Crippen LogP contribution >= 0.6 is 0 Å². The number of rotatable bonds is 3. The molecule has 0 radical (unpaired) electrons. The van der Waals surface area contributed by atoms with Crippen LogP contribution in [0.4, 0.5) is 5.69 Å². The Morgan fingerprint density at radius 3 is 3.00 bits per heavy atom. The van der Waals surface area contributed by atoms with E-state index in [1.54, 1.807) is 12.1 Å². The standard InChI is InChI=1S/C9H10N2O4S/c1-14-6-15-7-2-3-8-9(4-7)16(12,13)11-5-10-8/h2-5H,6H2,1H3,(H,10,11). The molecule has 0 atom stereocenters. The first kappa shape index (κ1) is 10.9. The molecular weight excluding hydrogens is 232 g/mol. The molecule has 0 amide bonds. The Morgan fingerprint density at radius 1 is 1.44 bits per heavy atom. The van der Waals surface area contributed by atoms with Crippen molar-refractivity contribution >= 4 is 22.0 Å². The van der Waals surface area contributed by atoms with Gasteiger partial charge in [0.25, 0.3) is 10.0 Å². The number of anilines is 1. The number of methoxy groups -OCH3 is 1. The van der Waals surface area contributed by atoms with Crippen molar-refractivity contribution < 1.29 is 17.9 Å². The lowest BCUT2D eigenvalue weighted by atomic mass is 10.3. The molecule has 16 heavy (non-hydrogen) atoms.